The zero-order valence-electron chi connectivity index (χ0n) is 11.2. The smallest absolute Gasteiger partial charge is 0.328 e. The molecule has 0 aliphatic carbocycles. The van der Waals surface area contributed by atoms with E-state index in [2.05, 4.69) is 0 Å². The molecule has 21 heavy (non-hydrogen) atoms. The molecule has 0 fully saturated rings. The van der Waals surface area contributed by atoms with E-state index in [4.69, 9.17) is 15.3 Å². The lowest BCUT2D eigenvalue weighted by Gasteiger charge is -2.20. The third kappa shape index (κ3) is 4.94. The monoisotopic (exact) mass is 315 g/mol. The molecule has 0 unspecified atom stereocenters. The Morgan fingerprint density at radius 3 is 2.05 bits per heavy atom. The predicted octanol–water partition coefficient (Wildman–Crippen LogP) is -0.240. The average Bonchev–Trinajstić information content (AvgIpc) is 2.45. The number of carboxylic acids is 1. The Kier molecular flexibility index (Phi) is 6.50. The van der Waals surface area contributed by atoms with Crippen LogP contribution in [0.1, 0.15) is 5.56 Å². The summed E-state index contributed by atoms with van der Waals surface area (Å²) in [6, 6.07) is 5.64. The Hall–Kier alpha value is -1.74. The predicted molar refractivity (Wildman–Crippen MR) is 76.0 cm³/mol. The first kappa shape index (κ1) is 17.3. The molecule has 0 saturated heterocycles. The number of sulfonamides is 1. The highest BCUT2D eigenvalue weighted by Crippen LogP contribution is 2.16. The Morgan fingerprint density at radius 2 is 1.62 bits per heavy atom. The van der Waals surface area contributed by atoms with Crippen LogP contribution < -0.4 is 0 Å². The summed E-state index contributed by atoms with van der Waals surface area (Å²) in [6.07, 6.45) is 2.30. The minimum absolute atomic E-state index is 0.0110. The van der Waals surface area contributed by atoms with Crippen molar-refractivity contribution in [1.29, 1.82) is 0 Å². The van der Waals surface area contributed by atoms with Gasteiger partial charge < -0.3 is 15.3 Å². The molecule has 8 heteroatoms. The van der Waals surface area contributed by atoms with Gasteiger partial charge in [0, 0.05) is 19.2 Å². The zero-order chi connectivity index (χ0) is 15.9. The van der Waals surface area contributed by atoms with Gasteiger partial charge in [0.25, 0.3) is 0 Å². The van der Waals surface area contributed by atoms with Crippen molar-refractivity contribution in [2.75, 3.05) is 26.3 Å². The summed E-state index contributed by atoms with van der Waals surface area (Å²) in [7, 11) is -3.80. The van der Waals surface area contributed by atoms with Gasteiger partial charge in [0.05, 0.1) is 18.1 Å². The van der Waals surface area contributed by atoms with Crippen molar-refractivity contribution in [3.05, 3.63) is 35.9 Å². The molecule has 0 heterocycles. The lowest BCUT2D eigenvalue weighted by molar-refractivity contribution is -0.131. The number of hydrogen-bond donors (Lipinski definition) is 3. The first-order valence-corrected chi connectivity index (χ1v) is 7.58. The van der Waals surface area contributed by atoms with E-state index in [-0.39, 0.29) is 31.2 Å². The van der Waals surface area contributed by atoms with Crippen molar-refractivity contribution in [3.8, 4) is 0 Å². The molecule has 0 aliphatic heterocycles. The van der Waals surface area contributed by atoms with E-state index in [1.807, 2.05) is 0 Å². The lowest BCUT2D eigenvalue weighted by Crippen LogP contribution is -2.35. The minimum Gasteiger partial charge on any atom is -0.478 e. The fourth-order valence-corrected chi connectivity index (χ4v) is 3.06. The fourth-order valence-electron chi connectivity index (χ4n) is 1.64. The number of aliphatic hydroxyl groups is 2. The first-order valence-electron chi connectivity index (χ1n) is 6.14. The maximum atomic E-state index is 12.3. The molecule has 7 nitrogen and oxygen atoms in total. The van der Waals surface area contributed by atoms with Gasteiger partial charge in [-0.3, -0.25) is 0 Å². The zero-order valence-corrected chi connectivity index (χ0v) is 12.0. The summed E-state index contributed by atoms with van der Waals surface area (Å²) in [4.78, 5) is 10.4. The van der Waals surface area contributed by atoms with Gasteiger partial charge in [-0.1, -0.05) is 12.1 Å². The SMILES string of the molecule is O=C(O)/C=C\c1ccc(S(=O)(=O)N(CCO)CCO)cc1. The molecule has 0 spiro atoms. The molecule has 3 N–H and O–H groups in total. The summed E-state index contributed by atoms with van der Waals surface area (Å²) in [5.74, 6) is -1.09. The topological polar surface area (TPSA) is 115 Å². The Labute approximate surface area is 122 Å². The van der Waals surface area contributed by atoms with Crippen LogP contribution in [0.25, 0.3) is 6.08 Å². The van der Waals surface area contributed by atoms with E-state index < -0.39 is 16.0 Å². The van der Waals surface area contributed by atoms with Crippen molar-refractivity contribution < 1.29 is 28.5 Å². The van der Waals surface area contributed by atoms with Crippen LogP contribution in [0.15, 0.2) is 35.2 Å². The van der Waals surface area contributed by atoms with Gasteiger partial charge >= 0.3 is 5.97 Å². The molecule has 0 amide bonds. The highest BCUT2D eigenvalue weighted by molar-refractivity contribution is 7.89. The molecule has 0 saturated carbocycles. The van der Waals surface area contributed by atoms with Crippen molar-refractivity contribution in [2.24, 2.45) is 0 Å². The highest BCUT2D eigenvalue weighted by atomic mass is 32.2. The van der Waals surface area contributed by atoms with E-state index in [1.165, 1.54) is 30.3 Å². The molecule has 0 aromatic heterocycles. The summed E-state index contributed by atoms with van der Waals surface area (Å²) >= 11 is 0. The Bertz CT molecular complexity index is 588. The number of hydrogen-bond acceptors (Lipinski definition) is 5. The van der Waals surface area contributed by atoms with Gasteiger partial charge in [-0.15, -0.1) is 0 Å². The first-order chi connectivity index (χ1) is 9.91. The molecule has 0 atom stereocenters. The van der Waals surface area contributed by atoms with Crippen LogP contribution in [0.3, 0.4) is 0 Å². The molecule has 0 aliphatic rings. The van der Waals surface area contributed by atoms with Crippen LogP contribution in [0.4, 0.5) is 0 Å². The van der Waals surface area contributed by atoms with Crippen molar-refractivity contribution in [3.63, 3.8) is 0 Å². The van der Waals surface area contributed by atoms with E-state index in [0.29, 0.717) is 5.56 Å². The number of carboxylic acid groups (broad SMARTS) is 1. The Morgan fingerprint density at radius 1 is 1.10 bits per heavy atom. The van der Waals surface area contributed by atoms with Crippen LogP contribution in [-0.4, -0.2) is 60.3 Å². The maximum absolute atomic E-state index is 12.3. The van der Waals surface area contributed by atoms with E-state index in [0.717, 1.165) is 10.4 Å². The molecule has 0 bridgehead atoms. The third-order valence-electron chi connectivity index (χ3n) is 2.64. The maximum Gasteiger partial charge on any atom is 0.328 e. The number of carbonyl (C=O) groups is 1. The van der Waals surface area contributed by atoms with Crippen LogP contribution in [0, 0.1) is 0 Å². The molecular weight excluding hydrogens is 298 g/mol. The van der Waals surface area contributed by atoms with Gasteiger partial charge in [-0.2, -0.15) is 4.31 Å². The van der Waals surface area contributed by atoms with Crippen LogP contribution >= 0.6 is 0 Å². The van der Waals surface area contributed by atoms with Crippen LogP contribution in [0.2, 0.25) is 0 Å². The van der Waals surface area contributed by atoms with Gasteiger partial charge in [0.15, 0.2) is 0 Å². The highest BCUT2D eigenvalue weighted by Gasteiger charge is 2.23. The molecule has 1 rings (SSSR count). The van der Waals surface area contributed by atoms with Gasteiger partial charge in [-0.25, -0.2) is 13.2 Å². The number of rotatable bonds is 8. The lowest BCUT2D eigenvalue weighted by atomic mass is 10.2. The van der Waals surface area contributed by atoms with Crippen LogP contribution in [0.5, 0.6) is 0 Å². The van der Waals surface area contributed by atoms with E-state index in [9.17, 15) is 13.2 Å². The van der Waals surface area contributed by atoms with Crippen molar-refractivity contribution in [1.82, 2.24) is 4.31 Å². The molecular formula is C13H17NO6S. The fraction of sp³-hybridized carbons (Fsp3) is 0.308. The van der Waals surface area contributed by atoms with Crippen molar-refractivity contribution >= 4 is 22.1 Å². The van der Waals surface area contributed by atoms with E-state index in [1.54, 1.807) is 0 Å². The summed E-state index contributed by atoms with van der Waals surface area (Å²) < 4.78 is 25.5. The van der Waals surface area contributed by atoms with Crippen molar-refractivity contribution in [2.45, 2.75) is 4.90 Å². The Balaban J connectivity index is 3.00. The summed E-state index contributed by atoms with van der Waals surface area (Å²) in [5.41, 5.74) is 0.548. The molecule has 1 aromatic carbocycles. The molecule has 116 valence electrons. The third-order valence-corrected chi connectivity index (χ3v) is 4.55. The standard InChI is InChI=1S/C13H17NO6S/c15-9-7-14(8-10-16)21(19,20)12-4-1-11(2-5-12)3-6-13(17)18/h1-6,15-16H,7-10H2,(H,17,18)/b6-3-. The summed E-state index contributed by atoms with van der Waals surface area (Å²) in [6.45, 7) is -0.912. The molecule has 0 radical (unpaired) electrons. The summed E-state index contributed by atoms with van der Waals surface area (Å²) in [5, 5.41) is 26.3. The van der Waals surface area contributed by atoms with Crippen LogP contribution in [-0.2, 0) is 14.8 Å². The van der Waals surface area contributed by atoms with Gasteiger partial charge in [-0.05, 0) is 23.8 Å². The quantitative estimate of drug-likeness (QED) is 0.570. The second kappa shape index (κ2) is 7.89. The van der Waals surface area contributed by atoms with Gasteiger partial charge in [0.2, 0.25) is 10.0 Å². The normalized spacial score (nSPS) is 12.1. The number of aliphatic carboxylic acids is 1. The largest absolute Gasteiger partial charge is 0.478 e. The minimum atomic E-state index is -3.80. The second-order valence-corrected chi connectivity index (χ2v) is 6.03. The number of aliphatic hydroxyl groups excluding tert-OH is 2. The molecule has 1 aromatic rings. The number of nitrogens with zero attached hydrogens (tertiary/aromatic N) is 1. The number of benzene rings is 1. The second-order valence-electron chi connectivity index (χ2n) is 4.09. The van der Waals surface area contributed by atoms with E-state index >= 15 is 0 Å². The van der Waals surface area contributed by atoms with Gasteiger partial charge in [0.1, 0.15) is 0 Å². The average molecular weight is 315 g/mol.